The Morgan fingerprint density at radius 1 is 0.917 bits per heavy atom. The van der Waals surface area contributed by atoms with Crippen LogP contribution < -0.4 is 0 Å². The van der Waals surface area contributed by atoms with E-state index in [0.717, 1.165) is 10.9 Å². The summed E-state index contributed by atoms with van der Waals surface area (Å²) in [6.45, 7) is 11.5. The first-order chi connectivity index (χ1) is 11.3. The molecule has 24 heavy (non-hydrogen) atoms. The molecule has 2 aromatic carbocycles. The number of carbonyl (C=O) groups is 1. The summed E-state index contributed by atoms with van der Waals surface area (Å²) >= 11 is 0. The molecule has 0 saturated heterocycles. The molecule has 1 aromatic heterocycles. The topological polar surface area (TPSA) is 22.0 Å². The highest BCUT2D eigenvalue weighted by atomic mass is 16.1. The summed E-state index contributed by atoms with van der Waals surface area (Å²) < 4.78 is 2.04. The Hall–Kier alpha value is -2.29. The quantitative estimate of drug-likeness (QED) is 0.650. The van der Waals surface area contributed by atoms with Crippen LogP contribution in [-0.2, 0) is 6.54 Å². The molecule has 0 aliphatic rings. The minimum atomic E-state index is -0.387. The SMILES string of the molecule is [B]C(=O)c1cc2ccccc2n1Cc1c(C)c(C)c(C)c(C)c1C. The van der Waals surface area contributed by atoms with E-state index in [0.29, 0.717) is 12.2 Å². The van der Waals surface area contributed by atoms with E-state index in [1.54, 1.807) is 0 Å². The molecule has 0 spiro atoms. The smallest absolute Gasteiger partial charge is 0.177 e. The first kappa shape index (κ1) is 16.6. The van der Waals surface area contributed by atoms with E-state index < -0.39 is 0 Å². The first-order valence-corrected chi connectivity index (χ1v) is 8.26. The fraction of sp³-hybridized carbons (Fsp3) is 0.286. The van der Waals surface area contributed by atoms with Gasteiger partial charge in [-0.05, 0) is 80.1 Å². The van der Waals surface area contributed by atoms with Crippen LogP contribution in [0.1, 0.15) is 43.9 Å². The number of carbonyl (C=O) groups excluding carboxylic acids is 1. The summed E-state index contributed by atoms with van der Waals surface area (Å²) in [4.78, 5) is 11.9. The second-order valence-electron chi connectivity index (χ2n) is 6.64. The summed E-state index contributed by atoms with van der Waals surface area (Å²) in [6.07, 6.45) is 0. The third-order valence-corrected chi connectivity index (χ3v) is 5.53. The van der Waals surface area contributed by atoms with E-state index in [4.69, 9.17) is 7.85 Å². The number of fused-ring (bicyclic) bond motifs is 1. The van der Waals surface area contributed by atoms with E-state index in [1.165, 1.54) is 33.4 Å². The fourth-order valence-corrected chi connectivity index (χ4v) is 3.56. The lowest BCUT2D eigenvalue weighted by molar-refractivity contribution is 0.107. The maximum absolute atomic E-state index is 11.9. The molecule has 2 radical (unpaired) electrons. The minimum absolute atomic E-state index is 0.387. The van der Waals surface area contributed by atoms with Crippen LogP contribution in [0.15, 0.2) is 30.3 Å². The van der Waals surface area contributed by atoms with Gasteiger partial charge in [0.2, 0.25) is 0 Å². The molecule has 3 rings (SSSR count). The zero-order chi connectivity index (χ0) is 17.6. The van der Waals surface area contributed by atoms with Gasteiger partial charge in [0, 0.05) is 17.4 Å². The highest BCUT2D eigenvalue weighted by molar-refractivity contribution is 6.62. The van der Waals surface area contributed by atoms with E-state index in [1.807, 2.05) is 34.9 Å². The molecular formula is C21H22BNO. The predicted molar refractivity (Wildman–Crippen MR) is 101 cm³/mol. The molecular weight excluding hydrogens is 293 g/mol. The van der Waals surface area contributed by atoms with Crippen molar-refractivity contribution < 1.29 is 4.79 Å². The molecule has 0 amide bonds. The molecule has 0 aliphatic heterocycles. The van der Waals surface area contributed by atoms with Gasteiger partial charge in [0.25, 0.3) is 0 Å². The number of para-hydroxylation sites is 1. The Morgan fingerprint density at radius 2 is 1.46 bits per heavy atom. The lowest BCUT2D eigenvalue weighted by atomic mass is 9.89. The number of nitrogens with zero attached hydrogens (tertiary/aromatic N) is 1. The third kappa shape index (κ3) is 2.48. The molecule has 0 fully saturated rings. The molecule has 2 nitrogen and oxygen atoms in total. The predicted octanol–water partition coefficient (Wildman–Crippen LogP) is 4.54. The second-order valence-corrected chi connectivity index (χ2v) is 6.64. The fourth-order valence-electron chi connectivity index (χ4n) is 3.56. The average Bonchev–Trinajstić information content (AvgIpc) is 2.94. The number of benzene rings is 2. The van der Waals surface area contributed by atoms with Crippen LogP contribution in [-0.4, -0.2) is 18.1 Å². The molecule has 0 aliphatic carbocycles. The van der Waals surface area contributed by atoms with Crippen molar-refractivity contribution in [3.63, 3.8) is 0 Å². The van der Waals surface area contributed by atoms with E-state index in [2.05, 4.69) is 34.6 Å². The van der Waals surface area contributed by atoms with Gasteiger partial charge < -0.3 is 9.36 Å². The molecule has 120 valence electrons. The molecule has 3 heteroatoms. The number of rotatable bonds is 3. The number of hydrogen-bond donors (Lipinski definition) is 0. The van der Waals surface area contributed by atoms with Gasteiger partial charge in [-0.1, -0.05) is 18.2 Å². The highest BCUT2D eigenvalue weighted by Gasteiger charge is 2.17. The lowest BCUT2D eigenvalue weighted by Gasteiger charge is -2.20. The van der Waals surface area contributed by atoms with Crippen molar-refractivity contribution in [3.05, 3.63) is 69.4 Å². The normalized spacial score (nSPS) is 11.2. The van der Waals surface area contributed by atoms with E-state index in [9.17, 15) is 4.79 Å². The van der Waals surface area contributed by atoms with Crippen LogP contribution in [0.25, 0.3) is 10.9 Å². The van der Waals surface area contributed by atoms with Gasteiger partial charge in [0.1, 0.15) is 5.68 Å². The van der Waals surface area contributed by atoms with Gasteiger partial charge in [-0.3, -0.25) is 0 Å². The van der Waals surface area contributed by atoms with Gasteiger partial charge in [0.05, 0.1) is 5.69 Å². The zero-order valence-corrected chi connectivity index (χ0v) is 15.0. The molecule has 0 N–H and O–H groups in total. The highest BCUT2D eigenvalue weighted by Crippen LogP contribution is 2.29. The minimum Gasteiger partial charge on any atom is -0.334 e. The standard InChI is InChI=1S/C21H22BNO/c1-12-13(2)15(4)18(16(5)14(12)3)11-23-19-9-7-6-8-17(19)10-20(23)21(22)24/h6-10H,11H2,1-5H3. The van der Waals surface area contributed by atoms with Crippen LogP contribution in [0.4, 0.5) is 0 Å². The number of hydrogen-bond acceptors (Lipinski definition) is 1. The Kier molecular flexibility index (Phi) is 4.12. The monoisotopic (exact) mass is 315 g/mol. The maximum Gasteiger partial charge on any atom is 0.177 e. The first-order valence-electron chi connectivity index (χ1n) is 8.26. The number of aromatic nitrogens is 1. The lowest BCUT2D eigenvalue weighted by Crippen LogP contribution is -2.13. The van der Waals surface area contributed by atoms with Crippen molar-refractivity contribution in [1.82, 2.24) is 4.57 Å². The van der Waals surface area contributed by atoms with Crippen molar-refractivity contribution in [2.75, 3.05) is 0 Å². The summed E-state index contributed by atoms with van der Waals surface area (Å²) in [5.41, 5.74) is 9.08. The zero-order valence-electron chi connectivity index (χ0n) is 15.0. The molecule has 0 unspecified atom stereocenters. The van der Waals surface area contributed by atoms with Gasteiger partial charge in [0.15, 0.2) is 7.85 Å². The molecule has 0 saturated carbocycles. The van der Waals surface area contributed by atoms with Crippen LogP contribution in [0.3, 0.4) is 0 Å². The van der Waals surface area contributed by atoms with Gasteiger partial charge in [-0.15, -0.1) is 0 Å². The van der Waals surface area contributed by atoms with Crippen molar-refractivity contribution in [2.24, 2.45) is 0 Å². The van der Waals surface area contributed by atoms with E-state index >= 15 is 0 Å². The Labute approximate surface area is 144 Å². The van der Waals surface area contributed by atoms with Gasteiger partial charge in [-0.2, -0.15) is 0 Å². The Bertz CT molecular complexity index is 937. The van der Waals surface area contributed by atoms with Crippen LogP contribution >= 0.6 is 0 Å². The summed E-state index contributed by atoms with van der Waals surface area (Å²) in [5, 5.41) is 1.04. The molecule has 3 aromatic rings. The van der Waals surface area contributed by atoms with Gasteiger partial charge in [-0.25, -0.2) is 0 Å². The molecule has 0 atom stereocenters. The van der Waals surface area contributed by atoms with Crippen molar-refractivity contribution in [2.45, 2.75) is 41.2 Å². The maximum atomic E-state index is 11.9. The van der Waals surface area contributed by atoms with Crippen LogP contribution in [0.2, 0.25) is 0 Å². The summed E-state index contributed by atoms with van der Waals surface area (Å²) in [6, 6.07) is 9.92. The summed E-state index contributed by atoms with van der Waals surface area (Å²) in [7, 11) is 5.63. The van der Waals surface area contributed by atoms with E-state index in [-0.39, 0.29) is 5.68 Å². The average molecular weight is 315 g/mol. The van der Waals surface area contributed by atoms with Crippen LogP contribution in [0.5, 0.6) is 0 Å². The van der Waals surface area contributed by atoms with Gasteiger partial charge >= 0.3 is 0 Å². The van der Waals surface area contributed by atoms with Crippen molar-refractivity contribution in [3.8, 4) is 0 Å². The molecule has 1 heterocycles. The Morgan fingerprint density at radius 3 is 2.04 bits per heavy atom. The second kappa shape index (κ2) is 5.97. The van der Waals surface area contributed by atoms with Crippen molar-refractivity contribution in [1.29, 1.82) is 0 Å². The molecule has 0 bridgehead atoms. The Balaban J connectivity index is 2.25. The largest absolute Gasteiger partial charge is 0.334 e. The summed E-state index contributed by atoms with van der Waals surface area (Å²) in [5.74, 6) is 0. The third-order valence-electron chi connectivity index (χ3n) is 5.53. The van der Waals surface area contributed by atoms with Crippen LogP contribution in [0, 0.1) is 34.6 Å². The van der Waals surface area contributed by atoms with Crippen molar-refractivity contribution >= 4 is 24.4 Å².